The molecule has 320 valence electrons. The molecule has 0 saturated heterocycles. The molecule has 8 nitrogen and oxygen atoms in total. The zero-order chi connectivity index (χ0) is 40.5. The topological polar surface area (TPSA) is 105 Å². The zero-order valence-electron chi connectivity index (χ0n) is 36.1. The van der Waals surface area contributed by atoms with E-state index in [0.29, 0.717) is 22.1 Å². The predicted octanol–water partition coefficient (Wildman–Crippen LogP) is 13.5. The van der Waals surface area contributed by atoms with Crippen LogP contribution >= 0.6 is 0 Å². The summed E-state index contributed by atoms with van der Waals surface area (Å²) in [7, 11) is 0. The molecule has 0 aliphatic heterocycles. The average Bonchev–Trinajstić information content (AvgIpc) is 3.18. The molecule has 0 rings (SSSR count). The van der Waals surface area contributed by atoms with Crippen LogP contribution in [-0.2, 0) is 34.8 Å². The molecule has 0 atom stereocenters. The van der Waals surface area contributed by atoms with Gasteiger partial charge in [0.15, 0.2) is 0 Å². The summed E-state index contributed by atoms with van der Waals surface area (Å²) in [6.07, 6.45) is 39.9. The van der Waals surface area contributed by atoms with Crippen molar-refractivity contribution in [3.8, 4) is 0 Å². The Kier molecular flexibility index (Phi) is 39.0. The van der Waals surface area contributed by atoms with Gasteiger partial charge in [0.1, 0.15) is 0 Å². The molecule has 0 bridgehead atoms. The Morgan fingerprint density at radius 1 is 0.327 bits per heavy atom. The molecule has 0 fully saturated rings. The summed E-state index contributed by atoms with van der Waals surface area (Å²) in [5.41, 5.74) is 0. The second-order valence-corrected chi connectivity index (χ2v) is 24.7. The van der Waals surface area contributed by atoms with Gasteiger partial charge in [0.25, 0.3) is 0 Å². The van der Waals surface area contributed by atoms with Gasteiger partial charge >= 0.3 is 228 Å². The van der Waals surface area contributed by atoms with E-state index < -0.39 is 43.1 Å². The first kappa shape index (κ1) is 53.2. The fourth-order valence-electron chi connectivity index (χ4n) is 6.63. The van der Waals surface area contributed by atoms with Crippen LogP contribution in [0.1, 0.15) is 220 Å². The van der Waals surface area contributed by atoms with Gasteiger partial charge in [-0.25, -0.2) is 0 Å². The summed E-state index contributed by atoms with van der Waals surface area (Å²) in [6, 6.07) is 0. The number of rotatable bonds is 40. The van der Waals surface area contributed by atoms with E-state index in [9.17, 15) is 19.2 Å². The summed E-state index contributed by atoms with van der Waals surface area (Å²) >= 11 is -4.27. The Bertz CT molecular complexity index is 986. The first-order chi connectivity index (χ1) is 26.8. The van der Waals surface area contributed by atoms with Crippen molar-refractivity contribution in [3.63, 3.8) is 0 Å². The van der Waals surface area contributed by atoms with Crippen LogP contribution in [0.25, 0.3) is 0 Å². The van der Waals surface area contributed by atoms with E-state index in [1.54, 1.807) is 0 Å². The Morgan fingerprint density at radius 3 is 0.836 bits per heavy atom. The maximum absolute atomic E-state index is 12.9. The van der Waals surface area contributed by atoms with Gasteiger partial charge in [-0.3, -0.25) is 0 Å². The average molecular weight is 884 g/mol. The molecule has 9 heteroatoms. The van der Waals surface area contributed by atoms with Gasteiger partial charge in [-0.2, -0.15) is 0 Å². The number of hydrogen-bond donors (Lipinski definition) is 0. The van der Waals surface area contributed by atoms with Crippen LogP contribution in [0.5, 0.6) is 0 Å². The molecule has 0 unspecified atom stereocenters. The van der Waals surface area contributed by atoms with Crippen LogP contribution in [0.15, 0.2) is 24.3 Å². The Hall–Kier alpha value is -1.84. The minimum Gasteiger partial charge on any atom is -0.0654 e. The fourth-order valence-corrected chi connectivity index (χ4v) is 16.2. The van der Waals surface area contributed by atoms with Gasteiger partial charge in [0, 0.05) is 0 Å². The van der Waals surface area contributed by atoms with Crippen molar-refractivity contribution in [2.45, 2.75) is 229 Å². The van der Waals surface area contributed by atoms with Gasteiger partial charge in [0.05, 0.1) is 0 Å². The second kappa shape index (κ2) is 40.4. The normalized spacial score (nSPS) is 11.7. The molecule has 0 aromatic rings. The van der Waals surface area contributed by atoms with Gasteiger partial charge < -0.3 is 0 Å². The third kappa shape index (κ3) is 36.3. The van der Waals surface area contributed by atoms with E-state index in [2.05, 4.69) is 13.8 Å². The molecule has 0 radical (unpaired) electrons. The number of hydrogen-bond acceptors (Lipinski definition) is 8. The van der Waals surface area contributed by atoms with Gasteiger partial charge in [-0.1, -0.05) is 117 Å². The first-order valence-electron chi connectivity index (χ1n) is 23.0. The molecule has 0 saturated carbocycles. The Morgan fingerprint density at radius 2 is 0.564 bits per heavy atom. The summed E-state index contributed by atoms with van der Waals surface area (Å²) in [4.78, 5) is 50.4. The van der Waals surface area contributed by atoms with Gasteiger partial charge in [-0.15, -0.1) is 0 Å². The van der Waals surface area contributed by atoms with E-state index in [-0.39, 0.29) is 0 Å². The number of carbonyl (C=O) groups is 4. The van der Waals surface area contributed by atoms with Crippen LogP contribution < -0.4 is 0 Å². The molecule has 0 aromatic heterocycles. The number of carbonyl (C=O) groups excluding carboxylic acids is 4. The van der Waals surface area contributed by atoms with Gasteiger partial charge in [0.2, 0.25) is 0 Å². The molecule has 55 heavy (non-hydrogen) atoms. The van der Waals surface area contributed by atoms with Crippen molar-refractivity contribution in [1.29, 1.82) is 0 Å². The summed E-state index contributed by atoms with van der Waals surface area (Å²) in [6.45, 7) is 9.19. The van der Waals surface area contributed by atoms with E-state index >= 15 is 0 Å². The predicted molar refractivity (Wildman–Crippen MR) is 229 cm³/mol. The van der Waals surface area contributed by atoms with E-state index in [1.807, 2.05) is 13.8 Å². The first-order valence-corrected chi connectivity index (χ1v) is 29.3. The summed E-state index contributed by atoms with van der Waals surface area (Å²) in [5.74, 6) is -2.57. The van der Waals surface area contributed by atoms with Crippen LogP contribution in [-0.4, -0.2) is 56.3 Å². The summed E-state index contributed by atoms with van der Waals surface area (Å²) < 4.78 is 23.5. The number of ether oxygens (including phenoxy) is 2. The third-order valence-corrected chi connectivity index (χ3v) is 19.7. The van der Waals surface area contributed by atoms with Crippen molar-refractivity contribution < 1.29 is 34.8 Å². The smallest absolute Gasteiger partial charge is 0.0654 e. The minimum atomic E-state index is -4.27. The SMILES string of the molecule is CCCCCCCCCCCCCCCCOC(=O)C=CC(=O)[O][Sn]([CH2]CCC)([CH2]CCC)[O]C(=O)C=CC(=O)OCCCCCCCCCCCCCC. The third-order valence-electron chi connectivity index (χ3n) is 10.1. The van der Waals surface area contributed by atoms with Crippen molar-refractivity contribution >= 4 is 43.1 Å². The summed E-state index contributed by atoms with van der Waals surface area (Å²) in [5, 5.41) is 0. The fraction of sp³-hybridized carbons (Fsp3) is 0.826. The van der Waals surface area contributed by atoms with Gasteiger partial charge in [-0.05, 0) is 0 Å². The molecule has 0 spiro atoms. The zero-order valence-corrected chi connectivity index (χ0v) is 39.0. The Balaban J connectivity index is 4.48. The van der Waals surface area contributed by atoms with Crippen LogP contribution in [0.3, 0.4) is 0 Å². The molecular weight excluding hydrogens is 799 g/mol. The standard InChI is InChI=1S/C20H36O4.C18H32O4.2C4H9.Sn/c1-2-3-4-5-6-7-8-9-10-11-12-13-14-15-18-24-20(23)17-16-19(21)22;1-2-3-4-5-6-7-8-9-10-11-12-13-16-22-18(21)15-14-17(19)20;2*1-3-4-2;/h16-17H,2-15,18H2,1H3,(H,21,22);14-15H,2-13,16H2,1H3,(H,19,20);2*1,3-4H2,2H3;/q;;;;+2/p-2. The second-order valence-electron chi connectivity index (χ2n) is 15.4. The molecule has 0 N–H and O–H groups in total. The van der Waals surface area contributed by atoms with E-state index in [1.165, 1.54) is 128 Å². The molecular formula is C46H84O8Sn. The van der Waals surface area contributed by atoms with E-state index in [4.69, 9.17) is 15.6 Å². The molecule has 0 aliphatic carbocycles. The minimum absolute atomic E-state index is 0.317. The maximum atomic E-state index is 12.9. The van der Waals surface area contributed by atoms with Crippen LogP contribution in [0, 0.1) is 0 Å². The molecule has 0 aromatic carbocycles. The van der Waals surface area contributed by atoms with Crippen molar-refractivity contribution in [1.82, 2.24) is 0 Å². The van der Waals surface area contributed by atoms with E-state index in [0.717, 1.165) is 88.5 Å². The van der Waals surface area contributed by atoms with Crippen molar-refractivity contribution in [3.05, 3.63) is 24.3 Å². The monoisotopic (exact) mass is 885 g/mol. The van der Waals surface area contributed by atoms with Crippen molar-refractivity contribution in [2.24, 2.45) is 0 Å². The molecule has 0 heterocycles. The quantitative estimate of drug-likeness (QED) is 0.0259. The van der Waals surface area contributed by atoms with Crippen LogP contribution in [0.2, 0.25) is 8.87 Å². The number of unbranched alkanes of at least 4 members (excludes halogenated alkanes) is 26. The molecule has 0 aliphatic rings. The number of esters is 2. The Labute approximate surface area is 343 Å². The molecule has 0 amide bonds. The van der Waals surface area contributed by atoms with Crippen LogP contribution in [0.4, 0.5) is 0 Å². The van der Waals surface area contributed by atoms with Crippen molar-refractivity contribution in [2.75, 3.05) is 13.2 Å².